The molecule has 6 heteroatoms. The Morgan fingerprint density at radius 1 is 1.19 bits per heavy atom. The molecular weight excluding hydrogens is 270 g/mol. The summed E-state index contributed by atoms with van der Waals surface area (Å²) >= 11 is 0. The van der Waals surface area contributed by atoms with Crippen molar-refractivity contribution in [2.45, 2.75) is 50.6 Å². The van der Waals surface area contributed by atoms with Crippen LogP contribution in [0.5, 0.6) is 0 Å². The minimum absolute atomic E-state index is 0.105. The molecule has 2 saturated heterocycles. The van der Waals surface area contributed by atoms with E-state index < -0.39 is 11.5 Å². The van der Waals surface area contributed by atoms with Gasteiger partial charge in [0, 0.05) is 25.7 Å². The summed E-state index contributed by atoms with van der Waals surface area (Å²) in [5, 5.41) is 9.53. The Hall–Kier alpha value is -1.30. The summed E-state index contributed by atoms with van der Waals surface area (Å²) in [5.41, 5.74) is -1.06. The molecule has 6 nitrogen and oxygen atoms in total. The molecule has 0 bridgehead atoms. The second-order valence-electron chi connectivity index (χ2n) is 6.68. The first kappa shape index (κ1) is 16.1. The molecule has 0 radical (unpaired) electrons. The van der Waals surface area contributed by atoms with E-state index in [2.05, 4.69) is 4.90 Å². The zero-order valence-corrected chi connectivity index (χ0v) is 13.3. The van der Waals surface area contributed by atoms with Crippen molar-refractivity contribution >= 4 is 12.0 Å². The van der Waals surface area contributed by atoms with Crippen LogP contribution in [0.4, 0.5) is 4.79 Å². The highest BCUT2D eigenvalue weighted by Crippen LogP contribution is 2.30. The largest absolute Gasteiger partial charge is 0.480 e. The predicted octanol–water partition coefficient (Wildman–Crippen LogP) is 1.46. The van der Waals surface area contributed by atoms with Gasteiger partial charge in [0.25, 0.3) is 0 Å². The lowest BCUT2D eigenvalue weighted by atomic mass is 9.88. The fraction of sp³-hybridized carbons (Fsp3) is 0.867. The molecule has 0 aromatic rings. The molecule has 2 rings (SSSR count). The minimum Gasteiger partial charge on any atom is -0.480 e. The summed E-state index contributed by atoms with van der Waals surface area (Å²) in [5.74, 6) is -0.892. The smallest absolute Gasteiger partial charge is 0.329 e. The summed E-state index contributed by atoms with van der Waals surface area (Å²) in [6, 6.07) is 0.259. The van der Waals surface area contributed by atoms with Crippen LogP contribution in [-0.4, -0.2) is 77.1 Å². The molecule has 2 amide bonds. The number of carboxylic acid groups (broad SMARTS) is 1. The van der Waals surface area contributed by atoms with Gasteiger partial charge in [0.05, 0.1) is 0 Å². The Bertz CT molecular complexity index is 413. The molecule has 2 aliphatic heterocycles. The number of carboxylic acids is 1. The molecule has 21 heavy (non-hydrogen) atoms. The zero-order valence-electron chi connectivity index (χ0n) is 13.3. The van der Waals surface area contributed by atoms with Gasteiger partial charge >= 0.3 is 12.0 Å². The first-order chi connectivity index (χ1) is 9.86. The molecule has 120 valence electrons. The van der Waals surface area contributed by atoms with E-state index in [1.54, 1.807) is 11.8 Å². The summed E-state index contributed by atoms with van der Waals surface area (Å²) < 4.78 is 0. The third kappa shape index (κ3) is 3.15. The number of carbonyl (C=O) groups is 2. The van der Waals surface area contributed by atoms with Crippen LogP contribution in [0.15, 0.2) is 0 Å². The number of rotatable bonds is 2. The van der Waals surface area contributed by atoms with Crippen LogP contribution in [0, 0.1) is 0 Å². The van der Waals surface area contributed by atoms with Gasteiger partial charge in [0.2, 0.25) is 0 Å². The fourth-order valence-corrected chi connectivity index (χ4v) is 3.37. The number of nitrogens with zero attached hydrogens (tertiary/aromatic N) is 3. The highest BCUT2D eigenvalue weighted by atomic mass is 16.4. The van der Waals surface area contributed by atoms with Gasteiger partial charge in [0.1, 0.15) is 5.54 Å². The molecule has 0 spiro atoms. The Morgan fingerprint density at radius 2 is 1.90 bits per heavy atom. The van der Waals surface area contributed by atoms with E-state index in [0.29, 0.717) is 25.6 Å². The molecule has 2 heterocycles. The van der Waals surface area contributed by atoms with E-state index in [-0.39, 0.29) is 6.03 Å². The van der Waals surface area contributed by atoms with Gasteiger partial charge in [-0.3, -0.25) is 0 Å². The lowest BCUT2D eigenvalue weighted by molar-refractivity contribution is -0.150. The third-order valence-electron chi connectivity index (χ3n) is 4.98. The molecule has 0 aromatic carbocycles. The second kappa shape index (κ2) is 6.22. The highest BCUT2D eigenvalue weighted by molar-refractivity contribution is 5.86. The lowest BCUT2D eigenvalue weighted by Crippen LogP contribution is -2.62. The van der Waals surface area contributed by atoms with Gasteiger partial charge in [0.15, 0.2) is 0 Å². The normalized spacial score (nSPS) is 30.6. The summed E-state index contributed by atoms with van der Waals surface area (Å²) in [6.07, 6.45) is 4.37. The van der Waals surface area contributed by atoms with Crippen molar-refractivity contribution in [1.82, 2.24) is 14.7 Å². The number of likely N-dealkylation sites (N-methyl/N-ethyl adjacent to an activating group) is 1. The van der Waals surface area contributed by atoms with Crippen molar-refractivity contribution in [3.63, 3.8) is 0 Å². The van der Waals surface area contributed by atoms with Crippen molar-refractivity contribution in [2.24, 2.45) is 0 Å². The molecule has 2 aliphatic rings. The highest BCUT2D eigenvalue weighted by Gasteiger charge is 2.45. The molecular formula is C15H27N3O3. The Morgan fingerprint density at radius 3 is 2.52 bits per heavy atom. The topological polar surface area (TPSA) is 64.1 Å². The number of amides is 2. The molecule has 0 saturated carbocycles. The maximum atomic E-state index is 12.8. The Labute approximate surface area is 126 Å². The second-order valence-corrected chi connectivity index (χ2v) is 6.68. The van der Waals surface area contributed by atoms with Crippen LogP contribution < -0.4 is 0 Å². The molecule has 2 atom stereocenters. The van der Waals surface area contributed by atoms with E-state index in [9.17, 15) is 14.7 Å². The van der Waals surface area contributed by atoms with E-state index >= 15 is 0 Å². The molecule has 2 unspecified atom stereocenters. The summed E-state index contributed by atoms with van der Waals surface area (Å²) in [6.45, 7) is 3.65. The van der Waals surface area contributed by atoms with Crippen LogP contribution in [-0.2, 0) is 4.79 Å². The quantitative estimate of drug-likeness (QED) is 0.838. The molecule has 0 aliphatic carbocycles. The van der Waals surface area contributed by atoms with E-state index in [1.807, 2.05) is 19.0 Å². The van der Waals surface area contributed by atoms with Crippen molar-refractivity contribution < 1.29 is 14.7 Å². The number of aliphatic carboxylic acids is 1. The number of carbonyl (C=O) groups excluding carboxylic acids is 1. The maximum Gasteiger partial charge on any atom is 0.329 e. The van der Waals surface area contributed by atoms with Crippen molar-refractivity contribution in [2.75, 3.05) is 33.7 Å². The molecule has 1 N–H and O–H groups in total. The average Bonchev–Trinajstić information content (AvgIpc) is 2.47. The first-order valence-corrected chi connectivity index (χ1v) is 7.82. The standard InChI is InChI=1S/C15H27N3O3/c1-15(13(19)20)8-4-5-10-18(15)14(21)17-9-6-7-12(11-17)16(2)3/h12H,4-11H2,1-3H3,(H,19,20). The summed E-state index contributed by atoms with van der Waals surface area (Å²) in [7, 11) is 4.06. The van der Waals surface area contributed by atoms with Crippen LogP contribution in [0.2, 0.25) is 0 Å². The van der Waals surface area contributed by atoms with Crippen LogP contribution >= 0.6 is 0 Å². The number of piperidine rings is 2. The fourth-order valence-electron chi connectivity index (χ4n) is 3.37. The van der Waals surface area contributed by atoms with Crippen molar-refractivity contribution in [3.8, 4) is 0 Å². The number of urea groups is 1. The van der Waals surface area contributed by atoms with Crippen LogP contribution in [0.25, 0.3) is 0 Å². The van der Waals surface area contributed by atoms with Gasteiger partial charge in [-0.15, -0.1) is 0 Å². The maximum absolute atomic E-state index is 12.8. The van der Waals surface area contributed by atoms with Gasteiger partial charge < -0.3 is 19.8 Å². The molecule has 0 aromatic heterocycles. The summed E-state index contributed by atoms with van der Waals surface area (Å²) in [4.78, 5) is 30.0. The van der Waals surface area contributed by atoms with Gasteiger partial charge in [-0.2, -0.15) is 0 Å². The minimum atomic E-state index is -1.06. The third-order valence-corrected chi connectivity index (χ3v) is 4.98. The number of hydrogen-bond acceptors (Lipinski definition) is 3. The SMILES string of the molecule is CN(C)C1CCCN(C(=O)N2CCCCC2(C)C(=O)O)C1. The lowest BCUT2D eigenvalue weighted by Gasteiger charge is -2.45. The van der Waals surface area contributed by atoms with Crippen LogP contribution in [0.3, 0.4) is 0 Å². The van der Waals surface area contributed by atoms with E-state index in [1.165, 1.54) is 0 Å². The average molecular weight is 297 g/mol. The van der Waals surface area contributed by atoms with Gasteiger partial charge in [-0.05, 0) is 53.1 Å². The number of hydrogen-bond donors (Lipinski definition) is 1. The zero-order chi connectivity index (χ0) is 15.6. The van der Waals surface area contributed by atoms with Crippen molar-refractivity contribution in [1.29, 1.82) is 0 Å². The van der Waals surface area contributed by atoms with E-state index in [0.717, 1.165) is 32.2 Å². The van der Waals surface area contributed by atoms with E-state index in [4.69, 9.17) is 0 Å². The molecule has 2 fully saturated rings. The van der Waals surface area contributed by atoms with Crippen LogP contribution in [0.1, 0.15) is 39.0 Å². The Balaban J connectivity index is 2.12. The predicted molar refractivity (Wildman–Crippen MR) is 80.3 cm³/mol. The first-order valence-electron chi connectivity index (χ1n) is 7.82. The van der Waals surface area contributed by atoms with Gasteiger partial charge in [-0.1, -0.05) is 0 Å². The Kier molecular flexibility index (Phi) is 4.76. The van der Waals surface area contributed by atoms with Crippen molar-refractivity contribution in [3.05, 3.63) is 0 Å². The monoisotopic (exact) mass is 297 g/mol. The number of likely N-dealkylation sites (tertiary alicyclic amines) is 2. The van der Waals surface area contributed by atoms with Gasteiger partial charge in [-0.25, -0.2) is 9.59 Å².